The summed E-state index contributed by atoms with van der Waals surface area (Å²) in [5.41, 5.74) is -2.43. The Labute approximate surface area is 266 Å². The summed E-state index contributed by atoms with van der Waals surface area (Å²) in [6.07, 6.45) is 2.52. The summed E-state index contributed by atoms with van der Waals surface area (Å²) in [6.45, 7) is 0.285. The maximum Gasteiger partial charge on any atom is 0.435 e. The number of pyridine rings is 1. The lowest BCUT2D eigenvalue weighted by Gasteiger charge is -2.25. The molecule has 2 aliphatic rings. The smallest absolute Gasteiger partial charge is 0.435 e. The lowest BCUT2D eigenvalue weighted by Crippen LogP contribution is -2.55. The quantitative estimate of drug-likeness (QED) is 0.311. The molecule has 0 unspecified atom stereocenters. The molecule has 0 saturated heterocycles. The number of allylic oxidation sites excluding steroid dienone is 1. The van der Waals surface area contributed by atoms with Crippen molar-refractivity contribution in [2.45, 2.75) is 49.9 Å². The van der Waals surface area contributed by atoms with Gasteiger partial charge in [0, 0.05) is 43.6 Å². The number of halogens is 4. The zero-order valence-corrected chi connectivity index (χ0v) is 25.7. The van der Waals surface area contributed by atoms with Crippen molar-refractivity contribution in [2.24, 2.45) is 5.92 Å². The van der Waals surface area contributed by atoms with E-state index in [0.717, 1.165) is 29.8 Å². The van der Waals surface area contributed by atoms with Crippen molar-refractivity contribution in [3.05, 3.63) is 53.3 Å². The molecule has 3 N–H and O–H groups in total. The van der Waals surface area contributed by atoms with Gasteiger partial charge in [0.15, 0.2) is 11.5 Å². The van der Waals surface area contributed by atoms with E-state index in [1.807, 2.05) is 12.2 Å². The zero-order chi connectivity index (χ0) is 33.2. The fraction of sp³-hybridized carbons (Fsp3) is 0.433. The minimum absolute atomic E-state index is 0.0324. The number of urea groups is 1. The molecule has 3 amide bonds. The van der Waals surface area contributed by atoms with Crippen LogP contribution >= 0.6 is 11.6 Å². The van der Waals surface area contributed by atoms with Crippen molar-refractivity contribution in [3.63, 3.8) is 0 Å². The first-order valence-corrected chi connectivity index (χ1v) is 14.9. The molecule has 46 heavy (non-hydrogen) atoms. The summed E-state index contributed by atoms with van der Waals surface area (Å²) in [5, 5.41) is 19.3. The summed E-state index contributed by atoms with van der Waals surface area (Å²) >= 11 is 6.51. The second kappa shape index (κ2) is 13.1. The Hall–Kier alpha value is -4.53. The fourth-order valence-electron chi connectivity index (χ4n) is 5.25. The minimum atomic E-state index is -4.68. The molecule has 2 aromatic heterocycles. The molecule has 1 aliphatic carbocycles. The predicted molar refractivity (Wildman–Crippen MR) is 160 cm³/mol. The molecule has 12 nitrogen and oxygen atoms in total. The molecular weight excluding hydrogens is 633 g/mol. The van der Waals surface area contributed by atoms with Crippen LogP contribution in [0.3, 0.4) is 0 Å². The van der Waals surface area contributed by atoms with Gasteiger partial charge in [0.1, 0.15) is 28.1 Å². The number of ether oxygens (including phenoxy) is 2. The number of carboxylic acid groups (broad SMARTS) is 1. The fourth-order valence-corrected chi connectivity index (χ4v) is 5.54. The Morgan fingerprint density at radius 2 is 2.00 bits per heavy atom. The van der Waals surface area contributed by atoms with E-state index in [9.17, 15) is 32.7 Å². The highest BCUT2D eigenvalue weighted by Gasteiger charge is 2.60. The van der Waals surface area contributed by atoms with Gasteiger partial charge in [-0.25, -0.2) is 19.3 Å². The van der Waals surface area contributed by atoms with E-state index in [1.165, 1.54) is 18.1 Å². The topological polar surface area (TPSA) is 148 Å². The van der Waals surface area contributed by atoms with E-state index in [1.54, 1.807) is 19.2 Å². The van der Waals surface area contributed by atoms with Crippen molar-refractivity contribution in [2.75, 3.05) is 27.3 Å². The van der Waals surface area contributed by atoms with Gasteiger partial charge < -0.3 is 30.1 Å². The Morgan fingerprint density at radius 1 is 1.22 bits per heavy atom. The van der Waals surface area contributed by atoms with E-state index in [0.29, 0.717) is 18.4 Å². The molecule has 0 radical (unpaired) electrons. The number of benzene rings is 1. The summed E-state index contributed by atoms with van der Waals surface area (Å²) in [5.74, 6) is -1.84. The molecular formula is C30H32ClF3N6O6. The van der Waals surface area contributed by atoms with Crippen LogP contribution < -0.4 is 20.1 Å². The molecule has 5 rings (SSSR count). The van der Waals surface area contributed by atoms with Crippen LogP contribution in [-0.4, -0.2) is 81.6 Å². The lowest BCUT2D eigenvalue weighted by atomic mass is 10.1. The van der Waals surface area contributed by atoms with Crippen LogP contribution in [0.5, 0.6) is 11.5 Å². The standard InChI is InChI=1S/C30H32ClF3N6O6/c1-39-12-6-4-3-5-7-17-16-29(17,27(42)43)37-26(41)19(35-28(39)44)11-14-46-21-15-23(40-13-10-22(38-40)30(32,33)34)36-25-18(21)8-9-20(45-2)24(25)31/h5,7-10,13,15,17,19H,3-4,6,11-12,14,16H2,1-2H3,(H,35,44)(H,37,41)(H,42,43)/b7-5-/t17-,19+,29-/m1/s1. The first-order valence-electron chi connectivity index (χ1n) is 14.5. The first kappa shape index (κ1) is 32.9. The molecule has 0 bridgehead atoms. The SMILES string of the molecule is COc1ccc2c(OCC[C@@H]3NC(=O)N(C)CCCC/C=C\[C@@H]4C[C@@]4(C(=O)O)NC3=O)cc(-n3ccc(C(F)(F)F)n3)nc2c1Cl. The van der Waals surface area contributed by atoms with Gasteiger partial charge in [-0.1, -0.05) is 23.8 Å². The van der Waals surface area contributed by atoms with Gasteiger partial charge in [-0.3, -0.25) is 4.79 Å². The third-order valence-electron chi connectivity index (χ3n) is 8.02. The number of carbonyl (C=O) groups is 3. The van der Waals surface area contributed by atoms with Gasteiger partial charge in [0.25, 0.3) is 0 Å². The van der Waals surface area contributed by atoms with Gasteiger partial charge in [0.2, 0.25) is 5.91 Å². The number of alkyl halides is 3. The lowest BCUT2D eigenvalue weighted by molar-refractivity contribution is -0.143. The van der Waals surface area contributed by atoms with Gasteiger partial charge in [-0.15, -0.1) is 0 Å². The summed E-state index contributed by atoms with van der Waals surface area (Å²) in [6, 6.07) is 3.67. The number of methoxy groups -OCH3 is 1. The average molecular weight is 665 g/mol. The molecule has 246 valence electrons. The number of fused-ring (bicyclic) bond motifs is 2. The third-order valence-corrected chi connectivity index (χ3v) is 8.38. The van der Waals surface area contributed by atoms with Crippen LogP contribution in [0.4, 0.5) is 18.0 Å². The number of hydrogen-bond acceptors (Lipinski definition) is 7. The molecule has 1 fully saturated rings. The molecule has 3 heterocycles. The second-order valence-electron chi connectivity index (χ2n) is 11.2. The van der Waals surface area contributed by atoms with Gasteiger partial charge in [-0.05, 0) is 43.9 Å². The van der Waals surface area contributed by atoms with E-state index in [4.69, 9.17) is 21.1 Å². The number of hydrogen-bond donors (Lipinski definition) is 3. The van der Waals surface area contributed by atoms with E-state index in [-0.39, 0.29) is 53.2 Å². The number of nitrogens with zero attached hydrogens (tertiary/aromatic N) is 4. The van der Waals surface area contributed by atoms with E-state index < -0.39 is 41.4 Å². The largest absolute Gasteiger partial charge is 0.495 e. The predicted octanol–water partition coefficient (Wildman–Crippen LogP) is 4.58. The Balaban J connectivity index is 1.42. The number of aliphatic carboxylic acids is 1. The number of rotatable bonds is 7. The maximum absolute atomic E-state index is 13.4. The number of carboxylic acids is 1. The zero-order valence-electron chi connectivity index (χ0n) is 24.9. The van der Waals surface area contributed by atoms with Crippen molar-refractivity contribution in [3.8, 4) is 17.3 Å². The monoisotopic (exact) mass is 664 g/mol. The number of amides is 3. The molecule has 0 spiro atoms. The average Bonchev–Trinajstić information content (AvgIpc) is 3.45. The van der Waals surface area contributed by atoms with Crippen molar-refractivity contribution in [1.82, 2.24) is 30.3 Å². The molecule has 16 heteroatoms. The third kappa shape index (κ3) is 6.83. The summed E-state index contributed by atoms with van der Waals surface area (Å²) in [7, 11) is 3.00. The highest BCUT2D eigenvalue weighted by atomic mass is 35.5. The number of nitrogens with one attached hydrogen (secondary N) is 2. The Bertz CT molecular complexity index is 1680. The van der Waals surface area contributed by atoms with E-state index >= 15 is 0 Å². The molecule has 3 aromatic rings. The van der Waals surface area contributed by atoms with E-state index in [2.05, 4.69) is 20.7 Å². The Morgan fingerprint density at radius 3 is 2.70 bits per heavy atom. The van der Waals surface area contributed by atoms with Crippen LogP contribution in [0.25, 0.3) is 16.7 Å². The van der Waals surface area contributed by atoms with Gasteiger partial charge >= 0.3 is 18.2 Å². The molecule has 1 aliphatic heterocycles. The first-order chi connectivity index (χ1) is 21.8. The van der Waals surface area contributed by atoms with Gasteiger partial charge in [0.05, 0.1) is 19.2 Å². The number of aromatic nitrogens is 3. The van der Waals surface area contributed by atoms with Crippen LogP contribution in [0.2, 0.25) is 5.02 Å². The summed E-state index contributed by atoms with van der Waals surface area (Å²) < 4.78 is 52.0. The summed E-state index contributed by atoms with van der Waals surface area (Å²) in [4.78, 5) is 44.4. The highest BCUT2D eigenvalue weighted by molar-refractivity contribution is 6.36. The molecule has 3 atom stereocenters. The second-order valence-corrected chi connectivity index (χ2v) is 11.5. The van der Waals surface area contributed by atoms with Crippen molar-refractivity contribution >= 4 is 40.4 Å². The number of carbonyl (C=O) groups excluding carboxylic acids is 2. The Kier molecular flexibility index (Phi) is 9.33. The van der Waals surface area contributed by atoms with Gasteiger partial charge in [-0.2, -0.15) is 18.3 Å². The highest BCUT2D eigenvalue weighted by Crippen LogP contribution is 2.45. The van der Waals surface area contributed by atoms with Crippen LogP contribution in [0, 0.1) is 5.92 Å². The molecule has 1 aromatic carbocycles. The van der Waals surface area contributed by atoms with Crippen LogP contribution in [-0.2, 0) is 15.8 Å². The van der Waals surface area contributed by atoms with Crippen molar-refractivity contribution < 1.29 is 42.1 Å². The van der Waals surface area contributed by atoms with Crippen LogP contribution in [0.1, 0.15) is 37.8 Å². The minimum Gasteiger partial charge on any atom is -0.495 e. The van der Waals surface area contributed by atoms with Crippen molar-refractivity contribution in [1.29, 1.82) is 0 Å². The maximum atomic E-state index is 13.4. The normalized spacial score (nSPS) is 23.1. The molecule has 1 saturated carbocycles. The van der Waals surface area contributed by atoms with Crippen LogP contribution in [0.15, 0.2) is 42.6 Å².